The number of methoxy groups -OCH3 is 1. The topological polar surface area (TPSA) is 97.3 Å². The second kappa shape index (κ2) is 12.6. The van der Waals surface area contributed by atoms with E-state index in [1.54, 1.807) is 32.1 Å². The third-order valence-corrected chi connectivity index (χ3v) is 7.24. The average Bonchev–Trinajstić information content (AvgIpc) is 3.01. The number of aliphatic hydroxyl groups excluding tert-OH is 1. The highest BCUT2D eigenvalue weighted by Crippen LogP contribution is 2.32. The number of carbonyl (C=O) groups is 2. The second-order valence-corrected chi connectivity index (χ2v) is 12.4. The molecular weight excluding hydrogens is 546 g/mol. The van der Waals surface area contributed by atoms with E-state index in [4.69, 9.17) is 14.2 Å². The lowest BCUT2D eigenvalue weighted by atomic mass is 9.93. The fourth-order valence-electron chi connectivity index (χ4n) is 5.33. The summed E-state index contributed by atoms with van der Waals surface area (Å²) >= 11 is 0. The fraction of sp³-hybridized carbons (Fsp3) is 0.500. The zero-order valence-corrected chi connectivity index (χ0v) is 24.9. The van der Waals surface area contributed by atoms with Gasteiger partial charge in [-0.15, -0.1) is 0 Å². The monoisotopic (exact) mass is 586 g/mol. The van der Waals surface area contributed by atoms with Gasteiger partial charge in [0.05, 0.1) is 6.54 Å². The number of hydrogen-bond donors (Lipinski definition) is 2. The molecule has 8 nitrogen and oxygen atoms in total. The molecule has 0 aliphatic carbocycles. The zero-order valence-electron chi connectivity index (χ0n) is 24.9. The van der Waals surface area contributed by atoms with Crippen molar-refractivity contribution in [3.05, 3.63) is 77.4 Å². The number of fused-ring (bicyclic) bond motifs is 1. The van der Waals surface area contributed by atoms with Gasteiger partial charge >= 0.3 is 0 Å². The maximum absolute atomic E-state index is 14.0. The van der Waals surface area contributed by atoms with Crippen LogP contribution in [0.4, 0.5) is 14.5 Å². The number of nitrogens with one attached hydrogen (secondary N) is 1. The van der Waals surface area contributed by atoms with Crippen molar-refractivity contribution < 1.29 is 37.7 Å². The molecule has 2 unspecified atom stereocenters. The number of carbonyl (C=O) groups excluding carboxylic acids is 2. The molecule has 2 N–H and O–H groups in total. The van der Waals surface area contributed by atoms with Gasteiger partial charge in [0.2, 0.25) is 5.91 Å². The van der Waals surface area contributed by atoms with Crippen LogP contribution >= 0.6 is 0 Å². The highest BCUT2D eigenvalue weighted by Gasteiger charge is 2.48. The first-order valence-electron chi connectivity index (χ1n) is 14.1. The minimum Gasteiger partial charge on any atom is -0.387 e. The number of hydrogen-bond acceptors (Lipinski definition) is 6. The number of benzene rings is 2. The van der Waals surface area contributed by atoms with E-state index in [9.17, 15) is 23.5 Å². The van der Waals surface area contributed by atoms with Crippen molar-refractivity contribution in [2.24, 2.45) is 5.41 Å². The molecule has 2 aliphatic rings. The molecule has 2 aromatic rings. The third kappa shape index (κ3) is 7.60. The number of aryl methyl sites for hydroxylation is 1. The average molecular weight is 587 g/mol. The van der Waals surface area contributed by atoms with Crippen LogP contribution < -0.4 is 10.2 Å². The number of aliphatic hydroxyl groups is 1. The first kappa shape index (κ1) is 31.7. The lowest BCUT2D eigenvalue weighted by molar-refractivity contribution is -0.334. The van der Waals surface area contributed by atoms with Crippen LogP contribution in [0, 0.1) is 17.0 Å². The van der Waals surface area contributed by atoms with E-state index >= 15 is 0 Å². The summed E-state index contributed by atoms with van der Waals surface area (Å²) in [5, 5.41) is 14.0. The molecular formula is C32H40F2N2O6. The van der Waals surface area contributed by atoms with Gasteiger partial charge in [0.1, 0.15) is 36.0 Å². The molecule has 228 valence electrons. The third-order valence-electron chi connectivity index (χ3n) is 7.24. The van der Waals surface area contributed by atoms with E-state index in [1.807, 2.05) is 39.0 Å². The van der Waals surface area contributed by atoms with Gasteiger partial charge in [0.25, 0.3) is 5.91 Å². The number of allylic oxidation sites excluding steroid dienone is 1. The van der Waals surface area contributed by atoms with Crippen LogP contribution in [-0.4, -0.2) is 60.3 Å². The molecule has 42 heavy (non-hydrogen) atoms. The Morgan fingerprint density at radius 3 is 2.50 bits per heavy atom. The highest BCUT2D eigenvalue weighted by atomic mass is 19.1. The van der Waals surface area contributed by atoms with Crippen molar-refractivity contribution in [2.45, 2.75) is 90.2 Å². The number of anilines is 1. The van der Waals surface area contributed by atoms with E-state index in [2.05, 4.69) is 5.32 Å². The summed E-state index contributed by atoms with van der Waals surface area (Å²) in [5.41, 5.74) is 1.57. The van der Waals surface area contributed by atoms with Gasteiger partial charge in [-0.1, -0.05) is 51.1 Å². The van der Waals surface area contributed by atoms with Crippen LogP contribution in [0.15, 0.2) is 54.6 Å². The first-order chi connectivity index (χ1) is 19.7. The Hall–Kier alpha value is -3.18. The number of amides is 2. The van der Waals surface area contributed by atoms with Crippen molar-refractivity contribution in [3.63, 3.8) is 0 Å². The molecule has 2 aliphatic heterocycles. The molecule has 0 radical (unpaired) electrons. The molecule has 4 rings (SSSR count). The Bertz CT molecular complexity index is 1300. The van der Waals surface area contributed by atoms with Crippen LogP contribution in [0.1, 0.15) is 52.2 Å². The number of halogens is 2. The normalized spacial score (nSPS) is 25.2. The number of rotatable bonds is 7. The van der Waals surface area contributed by atoms with Gasteiger partial charge < -0.3 is 29.5 Å². The minimum absolute atomic E-state index is 0.0949. The maximum atomic E-state index is 14.0. The second-order valence-electron chi connectivity index (χ2n) is 12.4. The largest absolute Gasteiger partial charge is 0.387 e. The molecule has 10 heteroatoms. The Morgan fingerprint density at radius 2 is 1.86 bits per heavy atom. The molecule has 1 fully saturated rings. The van der Waals surface area contributed by atoms with Crippen LogP contribution in [0.2, 0.25) is 0 Å². The molecule has 0 bridgehead atoms. The van der Waals surface area contributed by atoms with Crippen LogP contribution in [0.3, 0.4) is 0 Å². The summed E-state index contributed by atoms with van der Waals surface area (Å²) in [6.45, 7) is 9.32. The zero-order chi connectivity index (χ0) is 30.8. The van der Waals surface area contributed by atoms with Gasteiger partial charge in [-0.2, -0.15) is 0 Å². The predicted octanol–water partition coefficient (Wildman–Crippen LogP) is 4.43. The summed E-state index contributed by atoms with van der Waals surface area (Å²) in [6, 6.07) is 9.42. The SMILES string of the molecule is COC(C(=O)NC1CCc2ccccc2N(Cc2cc(F)cc(F)c2)C1=O)[C@@H]1OC(C)(C)O[C@H](C=CC(C)(C)C)[C@@H]1O. The van der Waals surface area contributed by atoms with Crippen molar-refractivity contribution in [3.8, 4) is 0 Å². The Balaban J connectivity index is 1.58. The van der Waals surface area contributed by atoms with Crippen LogP contribution in [0.5, 0.6) is 0 Å². The Morgan fingerprint density at radius 1 is 1.19 bits per heavy atom. The Kier molecular flexibility index (Phi) is 9.52. The molecule has 1 saturated heterocycles. The van der Waals surface area contributed by atoms with E-state index in [0.717, 1.165) is 11.6 Å². The maximum Gasteiger partial charge on any atom is 0.252 e. The number of para-hydroxylation sites is 1. The molecule has 0 saturated carbocycles. The van der Waals surface area contributed by atoms with E-state index < -0.39 is 59.7 Å². The molecule has 2 heterocycles. The predicted molar refractivity (Wildman–Crippen MR) is 153 cm³/mol. The van der Waals surface area contributed by atoms with Gasteiger partial charge in [0, 0.05) is 18.9 Å². The quantitative estimate of drug-likeness (QED) is 0.466. The Labute approximate surface area is 245 Å². The molecule has 0 aromatic heterocycles. The van der Waals surface area contributed by atoms with E-state index in [-0.39, 0.29) is 23.9 Å². The van der Waals surface area contributed by atoms with E-state index in [0.29, 0.717) is 12.1 Å². The minimum atomic E-state index is -1.27. The summed E-state index contributed by atoms with van der Waals surface area (Å²) in [6.07, 6.45) is 0.0670. The van der Waals surface area contributed by atoms with Gasteiger partial charge in [0.15, 0.2) is 11.9 Å². The first-order valence-corrected chi connectivity index (χ1v) is 14.1. The summed E-state index contributed by atoms with van der Waals surface area (Å²) in [4.78, 5) is 29.0. The number of ether oxygens (including phenoxy) is 3. The summed E-state index contributed by atoms with van der Waals surface area (Å²) < 4.78 is 45.4. The molecule has 2 aromatic carbocycles. The summed E-state index contributed by atoms with van der Waals surface area (Å²) in [5.74, 6) is -3.71. The van der Waals surface area contributed by atoms with Crippen LogP contribution in [-0.2, 0) is 36.8 Å². The molecule has 2 amide bonds. The lowest BCUT2D eigenvalue weighted by Gasteiger charge is -2.45. The highest BCUT2D eigenvalue weighted by molar-refractivity contribution is 6.00. The van der Waals surface area contributed by atoms with Crippen molar-refractivity contribution in [1.82, 2.24) is 5.32 Å². The summed E-state index contributed by atoms with van der Waals surface area (Å²) in [7, 11) is 1.33. The standard InChI is InChI=1S/C32H40F2N2O6/c1-31(2,3)14-13-25-26(37)27(42-32(4,5)41-25)28(40-6)29(38)35-23-12-11-20-9-7-8-10-24(20)36(30(23)39)18-19-15-21(33)17-22(34)16-19/h7-10,13-17,23,25-28,37H,11-12,18H2,1-6H3,(H,35,38)/t23?,25-,26+,27-,28?/m1/s1. The van der Waals surface area contributed by atoms with Gasteiger partial charge in [-0.05, 0) is 61.4 Å². The van der Waals surface area contributed by atoms with Crippen molar-refractivity contribution in [1.29, 1.82) is 0 Å². The molecule has 0 spiro atoms. The molecule has 5 atom stereocenters. The lowest BCUT2D eigenvalue weighted by Crippen LogP contribution is -2.62. The van der Waals surface area contributed by atoms with Gasteiger partial charge in [-0.3, -0.25) is 9.59 Å². The van der Waals surface area contributed by atoms with E-state index in [1.165, 1.54) is 24.1 Å². The van der Waals surface area contributed by atoms with Gasteiger partial charge in [-0.25, -0.2) is 8.78 Å². The van der Waals surface area contributed by atoms with Crippen LogP contribution in [0.25, 0.3) is 0 Å². The number of nitrogens with zero attached hydrogens (tertiary/aromatic N) is 1. The van der Waals surface area contributed by atoms with Crippen molar-refractivity contribution >= 4 is 17.5 Å². The smallest absolute Gasteiger partial charge is 0.252 e. The van der Waals surface area contributed by atoms with Crippen molar-refractivity contribution in [2.75, 3.05) is 12.0 Å². The fourth-order valence-corrected chi connectivity index (χ4v) is 5.33.